The molecule has 1 atom stereocenters. The Hall–Kier alpha value is -0.480. The van der Waals surface area contributed by atoms with Crippen molar-refractivity contribution in [1.82, 2.24) is 0 Å². The Kier molecular flexibility index (Phi) is 5.98. The van der Waals surface area contributed by atoms with E-state index in [1.807, 2.05) is 0 Å². The molecular formula is C9H11Cl3N2O. The van der Waals surface area contributed by atoms with Crippen LogP contribution < -0.4 is 11.5 Å². The lowest BCUT2D eigenvalue weighted by Gasteiger charge is -2.10. The summed E-state index contributed by atoms with van der Waals surface area (Å²) in [4.78, 5) is 10.6. The Bertz CT molecular complexity index is 337. The van der Waals surface area contributed by atoms with E-state index in [1.165, 1.54) is 0 Å². The maximum Gasteiger partial charge on any atom is 0.219 e. The smallest absolute Gasteiger partial charge is 0.219 e. The fourth-order valence-corrected chi connectivity index (χ4v) is 1.67. The topological polar surface area (TPSA) is 69.1 Å². The predicted molar refractivity (Wildman–Crippen MR) is 64.4 cm³/mol. The van der Waals surface area contributed by atoms with Gasteiger partial charge in [-0.2, -0.15) is 0 Å². The van der Waals surface area contributed by atoms with Gasteiger partial charge in [0.15, 0.2) is 0 Å². The lowest BCUT2D eigenvalue weighted by atomic mass is 10.0. The SMILES string of the molecule is Cl.NC(=O)C[C@@H](N)c1cc(Cl)cc(Cl)c1. The zero-order valence-corrected chi connectivity index (χ0v) is 10.1. The average molecular weight is 270 g/mol. The third-order valence-corrected chi connectivity index (χ3v) is 2.17. The van der Waals surface area contributed by atoms with Crippen LogP contribution in [0.2, 0.25) is 10.0 Å². The van der Waals surface area contributed by atoms with Crippen LogP contribution in [0.4, 0.5) is 0 Å². The highest BCUT2D eigenvalue weighted by atomic mass is 35.5. The third kappa shape index (κ3) is 4.71. The average Bonchev–Trinajstić information content (AvgIpc) is 2.00. The molecule has 0 aliphatic heterocycles. The van der Waals surface area contributed by atoms with Gasteiger partial charge in [0.25, 0.3) is 0 Å². The number of carbonyl (C=O) groups excluding carboxylic acids is 1. The second kappa shape index (κ2) is 6.18. The first-order chi connectivity index (χ1) is 6.49. The number of primary amides is 1. The number of halogens is 3. The van der Waals surface area contributed by atoms with Crippen LogP contribution in [0.1, 0.15) is 18.0 Å². The van der Waals surface area contributed by atoms with E-state index in [0.717, 1.165) is 0 Å². The van der Waals surface area contributed by atoms with E-state index in [-0.39, 0.29) is 18.8 Å². The Morgan fingerprint density at radius 2 is 1.73 bits per heavy atom. The Morgan fingerprint density at radius 3 is 2.13 bits per heavy atom. The van der Waals surface area contributed by atoms with Gasteiger partial charge in [0.1, 0.15) is 0 Å². The molecule has 0 aliphatic carbocycles. The maximum absolute atomic E-state index is 10.6. The number of hydrogen-bond acceptors (Lipinski definition) is 2. The molecular weight excluding hydrogens is 258 g/mol. The summed E-state index contributed by atoms with van der Waals surface area (Å²) in [5.74, 6) is -0.450. The van der Waals surface area contributed by atoms with Crippen molar-refractivity contribution in [2.45, 2.75) is 12.5 Å². The molecule has 0 saturated heterocycles. The van der Waals surface area contributed by atoms with Crippen molar-refractivity contribution in [3.8, 4) is 0 Å². The first kappa shape index (κ1) is 14.5. The highest BCUT2D eigenvalue weighted by molar-refractivity contribution is 6.34. The summed E-state index contributed by atoms with van der Waals surface area (Å²) in [6.07, 6.45) is 0.0800. The summed E-state index contributed by atoms with van der Waals surface area (Å²) in [7, 11) is 0. The third-order valence-electron chi connectivity index (χ3n) is 1.73. The van der Waals surface area contributed by atoms with Crippen LogP contribution in [-0.2, 0) is 4.79 Å². The molecule has 0 aliphatic rings. The van der Waals surface area contributed by atoms with Crippen molar-refractivity contribution in [2.24, 2.45) is 11.5 Å². The van der Waals surface area contributed by atoms with E-state index in [4.69, 9.17) is 34.7 Å². The molecule has 0 fully saturated rings. The number of nitrogens with two attached hydrogens (primary N) is 2. The van der Waals surface area contributed by atoms with Crippen molar-refractivity contribution in [1.29, 1.82) is 0 Å². The number of carbonyl (C=O) groups is 1. The van der Waals surface area contributed by atoms with Gasteiger partial charge in [-0.15, -0.1) is 12.4 Å². The van der Waals surface area contributed by atoms with Crippen molar-refractivity contribution >= 4 is 41.5 Å². The highest BCUT2D eigenvalue weighted by Crippen LogP contribution is 2.23. The van der Waals surface area contributed by atoms with Gasteiger partial charge >= 0.3 is 0 Å². The molecule has 3 nitrogen and oxygen atoms in total. The summed E-state index contributed by atoms with van der Waals surface area (Å²) >= 11 is 11.5. The molecule has 1 amide bonds. The molecule has 0 aromatic heterocycles. The van der Waals surface area contributed by atoms with Crippen molar-refractivity contribution in [3.63, 3.8) is 0 Å². The molecule has 1 aromatic rings. The molecule has 84 valence electrons. The molecule has 1 aromatic carbocycles. The van der Waals surface area contributed by atoms with Crippen LogP contribution in [0.25, 0.3) is 0 Å². The summed E-state index contributed by atoms with van der Waals surface area (Å²) in [6.45, 7) is 0. The van der Waals surface area contributed by atoms with E-state index >= 15 is 0 Å². The lowest BCUT2D eigenvalue weighted by molar-refractivity contribution is -0.118. The maximum atomic E-state index is 10.6. The van der Waals surface area contributed by atoms with Gasteiger partial charge < -0.3 is 11.5 Å². The summed E-state index contributed by atoms with van der Waals surface area (Å²) in [5.41, 5.74) is 11.4. The van der Waals surface area contributed by atoms with E-state index < -0.39 is 11.9 Å². The van der Waals surface area contributed by atoms with Crippen molar-refractivity contribution in [3.05, 3.63) is 33.8 Å². The molecule has 1 rings (SSSR count). The monoisotopic (exact) mass is 268 g/mol. The standard InChI is InChI=1S/C9H10Cl2N2O.ClH/c10-6-1-5(2-7(11)3-6)8(12)4-9(13)14;/h1-3,8H,4,12H2,(H2,13,14);1H/t8-;/m1./s1. The molecule has 0 heterocycles. The van der Waals surface area contributed by atoms with Gasteiger partial charge in [-0.05, 0) is 23.8 Å². The minimum absolute atomic E-state index is 0. The number of hydrogen-bond donors (Lipinski definition) is 2. The van der Waals surface area contributed by atoms with Crippen LogP contribution in [0.15, 0.2) is 18.2 Å². The van der Waals surface area contributed by atoms with Crippen LogP contribution in [-0.4, -0.2) is 5.91 Å². The van der Waals surface area contributed by atoms with Gasteiger partial charge in [-0.25, -0.2) is 0 Å². The number of amides is 1. The second-order valence-electron chi connectivity index (χ2n) is 2.98. The summed E-state index contributed by atoms with van der Waals surface area (Å²) in [5, 5.41) is 0.986. The van der Waals surface area contributed by atoms with Crippen LogP contribution in [0.5, 0.6) is 0 Å². The normalized spacial score (nSPS) is 11.7. The van der Waals surface area contributed by atoms with Gasteiger partial charge in [0.05, 0.1) is 0 Å². The molecule has 0 saturated carbocycles. The Balaban J connectivity index is 0.00000196. The summed E-state index contributed by atoms with van der Waals surface area (Å²) < 4.78 is 0. The molecule has 0 radical (unpaired) electrons. The fraction of sp³-hybridized carbons (Fsp3) is 0.222. The lowest BCUT2D eigenvalue weighted by Crippen LogP contribution is -2.20. The Labute approximate surface area is 104 Å². The van der Waals surface area contributed by atoms with Crippen molar-refractivity contribution in [2.75, 3.05) is 0 Å². The molecule has 0 unspecified atom stereocenters. The van der Waals surface area contributed by atoms with E-state index in [0.29, 0.717) is 15.6 Å². The van der Waals surface area contributed by atoms with Crippen molar-refractivity contribution < 1.29 is 4.79 Å². The number of rotatable bonds is 3. The number of benzene rings is 1. The largest absolute Gasteiger partial charge is 0.370 e. The van der Waals surface area contributed by atoms with Crippen LogP contribution in [0.3, 0.4) is 0 Å². The molecule has 4 N–H and O–H groups in total. The zero-order valence-electron chi connectivity index (χ0n) is 7.74. The van der Waals surface area contributed by atoms with Gasteiger partial charge in [0.2, 0.25) is 5.91 Å². The second-order valence-corrected chi connectivity index (χ2v) is 3.85. The quantitative estimate of drug-likeness (QED) is 0.884. The van der Waals surface area contributed by atoms with Crippen LogP contribution >= 0.6 is 35.6 Å². The van der Waals surface area contributed by atoms with Crippen LogP contribution in [0, 0.1) is 0 Å². The zero-order chi connectivity index (χ0) is 10.7. The fourth-order valence-electron chi connectivity index (χ4n) is 1.12. The van der Waals surface area contributed by atoms with Gasteiger partial charge in [-0.3, -0.25) is 4.79 Å². The highest BCUT2D eigenvalue weighted by Gasteiger charge is 2.10. The van der Waals surface area contributed by atoms with Gasteiger partial charge in [-0.1, -0.05) is 23.2 Å². The van der Waals surface area contributed by atoms with E-state index in [2.05, 4.69) is 0 Å². The first-order valence-electron chi connectivity index (χ1n) is 3.99. The molecule has 15 heavy (non-hydrogen) atoms. The van der Waals surface area contributed by atoms with Gasteiger partial charge in [0, 0.05) is 22.5 Å². The Morgan fingerprint density at radius 1 is 1.27 bits per heavy atom. The molecule has 0 bridgehead atoms. The first-order valence-corrected chi connectivity index (χ1v) is 4.74. The minimum Gasteiger partial charge on any atom is -0.370 e. The van der Waals surface area contributed by atoms with E-state index in [9.17, 15) is 4.79 Å². The molecule has 6 heteroatoms. The predicted octanol–water partition coefficient (Wildman–Crippen LogP) is 2.29. The summed E-state index contributed by atoms with van der Waals surface area (Å²) in [6, 6.07) is 4.48. The van der Waals surface area contributed by atoms with E-state index in [1.54, 1.807) is 18.2 Å². The molecule has 0 spiro atoms. The minimum atomic E-state index is -0.455.